The Bertz CT molecular complexity index is 952. The predicted molar refractivity (Wildman–Crippen MR) is 108 cm³/mol. The molecule has 166 valence electrons. The number of piperidine rings is 1. The van der Waals surface area contributed by atoms with Crippen LogP contribution in [0.3, 0.4) is 0 Å². The third-order valence-electron chi connectivity index (χ3n) is 4.63. The molecule has 11 heteroatoms. The molecule has 2 amide bonds. The molecule has 1 aromatic carbocycles. The maximum absolute atomic E-state index is 12.9. The summed E-state index contributed by atoms with van der Waals surface area (Å²) in [5, 5.41) is 4.41. The summed E-state index contributed by atoms with van der Waals surface area (Å²) < 4.78 is 34.6. The van der Waals surface area contributed by atoms with E-state index in [2.05, 4.69) is 15.0 Å². The summed E-state index contributed by atoms with van der Waals surface area (Å²) in [6, 6.07) is 5.77. The van der Waals surface area contributed by atoms with E-state index >= 15 is 0 Å². The highest BCUT2D eigenvalue weighted by Crippen LogP contribution is 2.26. The number of likely N-dealkylation sites (tertiary alicyclic amines) is 1. The second kappa shape index (κ2) is 10.3. The molecule has 3 rings (SSSR count). The molecule has 0 aliphatic carbocycles. The second-order valence-corrected chi connectivity index (χ2v) is 7.57. The van der Waals surface area contributed by atoms with Gasteiger partial charge in [0.1, 0.15) is 5.75 Å². The molecular formula is C20H21F2N3O5S. The number of ether oxygens (including phenoxy) is 2. The number of amides is 2. The zero-order valence-corrected chi connectivity index (χ0v) is 17.5. The van der Waals surface area contributed by atoms with E-state index in [0.29, 0.717) is 19.4 Å². The van der Waals surface area contributed by atoms with Crippen LogP contribution in [0, 0.1) is 5.92 Å². The Morgan fingerprint density at radius 2 is 2.10 bits per heavy atom. The number of benzene rings is 1. The molecule has 1 atom stereocenters. The van der Waals surface area contributed by atoms with Crippen molar-refractivity contribution in [2.24, 2.45) is 5.92 Å². The van der Waals surface area contributed by atoms with Gasteiger partial charge in [0.05, 0.1) is 18.1 Å². The number of carbonyl (C=O) groups excluding carboxylic acids is 3. The molecule has 1 aromatic heterocycles. The lowest BCUT2D eigenvalue weighted by Gasteiger charge is -2.32. The minimum absolute atomic E-state index is 0.0165. The minimum atomic E-state index is -3.05. The van der Waals surface area contributed by atoms with Crippen molar-refractivity contribution in [3.05, 3.63) is 40.9 Å². The average molecular weight is 453 g/mol. The van der Waals surface area contributed by atoms with Crippen LogP contribution in [0.4, 0.5) is 13.9 Å². The van der Waals surface area contributed by atoms with Crippen molar-refractivity contribution in [3.63, 3.8) is 0 Å². The lowest BCUT2D eigenvalue weighted by molar-refractivity contribution is -0.121. The fourth-order valence-electron chi connectivity index (χ4n) is 3.23. The SMILES string of the molecule is CCOC(=O)c1csc(NC(=O)[C@H]2CCCN(C(=O)c3ccccc3OC(F)F)C2)n1. The van der Waals surface area contributed by atoms with E-state index in [1.54, 1.807) is 13.0 Å². The second-order valence-electron chi connectivity index (χ2n) is 6.71. The lowest BCUT2D eigenvalue weighted by Crippen LogP contribution is -2.43. The third-order valence-corrected chi connectivity index (χ3v) is 5.39. The summed E-state index contributed by atoms with van der Waals surface area (Å²) in [7, 11) is 0. The molecule has 1 fully saturated rings. The van der Waals surface area contributed by atoms with Gasteiger partial charge in [-0.25, -0.2) is 9.78 Å². The number of hydrogen-bond donors (Lipinski definition) is 1. The van der Waals surface area contributed by atoms with Gasteiger partial charge in [0.2, 0.25) is 5.91 Å². The van der Waals surface area contributed by atoms with Gasteiger partial charge in [0.25, 0.3) is 5.91 Å². The molecule has 1 aliphatic rings. The number of thiazole rings is 1. The number of anilines is 1. The van der Waals surface area contributed by atoms with Gasteiger partial charge in [-0.1, -0.05) is 12.1 Å². The van der Waals surface area contributed by atoms with Crippen LogP contribution in [0.1, 0.15) is 40.6 Å². The first kappa shape index (κ1) is 22.6. The van der Waals surface area contributed by atoms with E-state index in [1.807, 2.05) is 0 Å². The number of hydrogen-bond acceptors (Lipinski definition) is 7. The van der Waals surface area contributed by atoms with Crippen molar-refractivity contribution < 1.29 is 32.6 Å². The molecule has 31 heavy (non-hydrogen) atoms. The first-order chi connectivity index (χ1) is 14.9. The van der Waals surface area contributed by atoms with Crippen molar-refractivity contribution in [3.8, 4) is 5.75 Å². The fraction of sp³-hybridized carbons (Fsp3) is 0.400. The Labute approximate surface area is 181 Å². The van der Waals surface area contributed by atoms with E-state index in [1.165, 1.54) is 28.5 Å². The summed E-state index contributed by atoms with van der Waals surface area (Å²) in [6.45, 7) is -0.623. The summed E-state index contributed by atoms with van der Waals surface area (Å²) >= 11 is 1.10. The van der Waals surface area contributed by atoms with E-state index in [-0.39, 0.29) is 41.2 Å². The molecular weight excluding hydrogens is 432 g/mol. The Hall–Kier alpha value is -3.08. The first-order valence-electron chi connectivity index (χ1n) is 9.65. The highest BCUT2D eigenvalue weighted by molar-refractivity contribution is 7.14. The number of rotatable bonds is 7. The third kappa shape index (κ3) is 5.75. The number of nitrogens with one attached hydrogen (secondary N) is 1. The van der Waals surface area contributed by atoms with Gasteiger partial charge in [0.15, 0.2) is 10.8 Å². The van der Waals surface area contributed by atoms with Crippen molar-refractivity contribution in [1.29, 1.82) is 0 Å². The van der Waals surface area contributed by atoms with Gasteiger partial charge in [-0.2, -0.15) is 8.78 Å². The van der Waals surface area contributed by atoms with Crippen LogP contribution in [0.5, 0.6) is 5.75 Å². The minimum Gasteiger partial charge on any atom is -0.461 e. The summed E-state index contributed by atoms with van der Waals surface area (Å²) in [6.07, 6.45) is 1.13. The number of aromatic nitrogens is 1. The molecule has 0 radical (unpaired) electrons. The van der Waals surface area contributed by atoms with Gasteiger partial charge in [-0.05, 0) is 31.9 Å². The van der Waals surface area contributed by atoms with Crippen LogP contribution in [-0.4, -0.2) is 54.0 Å². The highest BCUT2D eigenvalue weighted by Gasteiger charge is 2.31. The zero-order chi connectivity index (χ0) is 22.4. The first-order valence-corrected chi connectivity index (χ1v) is 10.5. The van der Waals surface area contributed by atoms with Gasteiger partial charge in [-0.3, -0.25) is 9.59 Å². The van der Waals surface area contributed by atoms with Crippen molar-refractivity contribution in [2.45, 2.75) is 26.4 Å². The molecule has 0 bridgehead atoms. The van der Waals surface area contributed by atoms with Gasteiger partial charge in [-0.15, -0.1) is 11.3 Å². The molecule has 2 heterocycles. The molecule has 1 aliphatic heterocycles. The van der Waals surface area contributed by atoms with E-state index < -0.39 is 24.4 Å². The van der Waals surface area contributed by atoms with E-state index in [9.17, 15) is 23.2 Å². The Morgan fingerprint density at radius 3 is 2.84 bits per heavy atom. The summed E-state index contributed by atoms with van der Waals surface area (Å²) in [5.74, 6) is -2.09. The molecule has 2 aromatic rings. The van der Waals surface area contributed by atoms with E-state index in [0.717, 1.165) is 11.3 Å². The zero-order valence-electron chi connectivity index (χ0n) is 16.7. The molecule has 8 nitrogen and oxygen atoms in total. The number of alkyl halides is 2. The maximum Gasteiger partial charge on any atom is 0.387 e. The number of halogens is 2. The predicted octanol–water partition coefficient (Wildman–Crippen LogP) is 3.41. The molecule has 0 saturated carbocycles. The highest BCUT2D eigenvalue weighted by atomic mass is 32.1. The normalized spacial score (nSPS) is 16.1. The van der Waals surface area contributed by atoms with Gasteiger partial charge < -0.3 is 19.7 Å². The monoisotopic (exact) mass is 453 g/mol. The van der Waals surface area contributed by atoms with Crippen LogP contribution >= 0.6 is 11.3 Å². The topological polar surface area (TPSA) is 97.8 Å². The number of para-hydroxylation sites is 1. The number of carbonyl (C=O) groups is 3. The van der Waals surface area contributed by atoms with Crippen LogP contribution in [-0.2, 0) is 9.53 Å². The lowest BCUT2D eigenvalue weighted by atomic mass is 9.96. The maximum atomic E-state index is 12.9. The standard InChI is InChI=1S/C20H21F2N3O5S/c1-2-29-18(28)14-11-31-20(23-14)24-16(26)12-6-5-9-25(10-12)17(27)13-7-3-4-8-15(13)30-19(21)22/h3-4,7-8,11-12,19H,2,5-6,9-10H2,1H3,(H,23,24,26)/t12-/m0/s1. The van der Waals surface area contributed by atoms with Crippen molar-refractivity contribution in [2.75, 3.05) is 25.0 Å². The molecule has 0 spiro atoms. The van der Waals surface area contributed by atoms with Crippen LogP contribution in [0.25, 0.3) is 0 Å². The van der Waals surface area contributed by atoms with Crippen LogP contribution in [0.15, 0.2) is 29.6 Å². The van der Waals surface area contributed by atoms with Gasteiger partial charge in [0, 0.05) is 18.5 Å². The van der Waals surface area contributed by atoms with Gasteiger partial charge >= 0.3 is 12.6 Å². The summed E-state index contributed by atoms with van der Waals surface area (Å²) in [5.41, 5.74) is 0.126. The fourth-order valence-corrected chi connectivity index (χ4v) is 3.91. The Kier molecular flexibility index (Phi) is 7.50. The van der Waals surface area contributed by atoms with Crippen molar-refractivity contribution >= 4 is 34.3 Å². The average Bonchev–Trinajstić information content (AvgIpc) is 3.22. The number of esters is 1. The smallest absolute Gasteiger partial charge is 0.387 e. The van der Waals surface area contributed by atoms with E-state index in [4.69, 9.17) is 4.74 Å². The van der Waals surface area contributed by atoms with Crippen molar-refractivity contribution in [1.82, 2.24) is 9.88 Å². The largest absolute Gasteiger partial charge is 0.461 e. The Balaban J connectivity index is 1.65. The van der Waals surface area contributed by atoms with Crippen LogP contribution < -0.4 is 10.1 Å². The summed E-state index contributed by atoms with van der Waals surface area (Å²) in [4.78, 5) is 42.7. The molecule has 1 N–H and O–H groups in total. The quantitative estimate of drug-likeness (QED) is 0.646. The van der Waals surface area contributed by atoms with Crippen LogP contribution in [0.2, 0.25) is 0 Å². The molecule has 1 saturated heterocycles. The Morgan fingerprint density at radius 1 is 1.32 bits per heavy atom. The molecule has 0 unspecified atom stereocenters. The number of nitrogens with zero attached hydrogens (tertiary/aromatic N) is 2.